The molecule has 0 radical (unpaired) electrons. The van der Waals surface area contributed by atoms with Gasteiger partial charge in [0.2, 0.25) is 0 Å². The Balaban J connectivity index is 0.000000192. The summed E-state index contributed by atoms with van der Waals surface area (Å²) in [7, 11) is -5.84. The fourth-order valence-electron chi connectivity index (χ4n) is 8.93. The average molecular weight is 1410 g/mol. The molecular formula is C64H61Cl6F4N6O7P3. The molecule has 0 bridgehead atoms. The number of benzene rings is 6. The van der Waals surface area contributed by atoms with Crippen molar-refractivity contribution in [3.05, 3.63) is 204 Å². The molecule has 6 N–H and O–H groups in total. The van der Waals surface area contributed by atoms with E-state index in [4.69, 9.17) is 106 Å². The van der Waals surface area contributed by atoms with Crippen molar-refractivity contribution in [3.8, 4) is 56.4 Å². The molecule has 6 aromatic carbocycles. The standard InChI is InChI=1S/C22H22Cl2FN2O3P.C21H19Cl2F2N2O2P.C21H20Cl2FN2O2P/c1-12(20-16(23)7-8-17(25)21(20)24)30-19-9-13(11-27-22(19)26)15-6-5-14(31(3,4)28)10-18(15)29-2;1-11(19-15(22)6-7-16(24)20(19)23)29-18-8-12(10-27-21(18)26)14-5-4-13(9-17(14)25)30(2,3)28;1-12(19-16(22)8-9-17(24)20(19)23)28-18-10-14(11-26-21(18)25)13-4-6-15(7-5-13)29(2,3)27/h5-12H,1-4H3,(H2,26,27);4-11H,1-3H3,(H2,26,27);4-12H,1-3H3,(H2,25,26)/t12-;11-;12-/m111/s1. The van der Waals surface area contributed by atoms with Gasteiger partial charge in [0.05, 0.1) is 22.2 Å². The highest BCUT2D eigenvalue weighted by Gasteiger charge is 2.25. The van der Waals surface area contributed by atoms with Crippen molar-refractivity contribution in [1.82, 2.24) is 15.0 Å². The SMILES string of the molecule is COc1cc(P(C)(C)=O)ccc1-c1cnc(N)c(O[C@H](C)c2c(Cl)ccc(F)c2Cl)c1.C[C@@H](Oc1cc(-c2ccc(P(C)(C)=O)cc2)cnc1N)c1c(Cl)ccc(F)c1Cl.C[C@@H](Oc1cc(-c2ccc(P(C)(C)=O)cc2F)cnc1N)c1c(Cl)ccc(F)c1Cl. The van der Waals surface area contributed by atoms with Gasteiger partial charge in [-0.1, -0.05) is 112 Å². The largest absolute Gasteiger partial charge is 0.496 e. The van der Waals surface area contributed by atoms with Crippen LogP contribution in [0.25, 0.3) is 33.4 Å². The van der Waals surface area contributed by atoms with Crippen LogP contribution in [0, 0.1) is 23.3 Å². The molecule has 474 valence electrons. The van der Waals surface area contributed by atoms with Crippen molar-refractivity contribution in [2.45, 2.75) is 39.1 Å². The van der Waals surface area contributed by atoms with Gasteiger partial charge in [0.25, 0.3) is 0 Å². The molecule has 0 aliphatic heterocycles. The normalized spacial score (nSPS) is 12.6. The van der Waals surface area contributed by atoms with Crippen molar-refractivity contribution in [1.29, 1.82) is 0 Å². The first kappa shape index (κ1) is 71.0. The van der Waals surface area contributed by atoms with E-state index in [0.717, 1.165) is 28.1 Å². The number of methoxy groups -OCH3 is 1. The highest BCUT2D eigenvalue weighted by Crippen LogP contribution is 2.44. The first-order chi connectivity index (χ1) is 42.1. The van der Waals surface area contributed by atoms with E-state index in [1.165, 1.54) is 61.8 Å². The Morgan fingerprint density at radius 3 is 1.07 bits per heavy atom. The molecular weight excluding hydrogens is 1350 g/mol. The minimum atomic E-state index is -2.60. The quantitative estimate of drug-likeness (QED) is 0.0468. The third kappa shape index (κ3) is 17.2. The molecule has 3 atom stereocenters. The Morgan fingerprint density at radius 1 is 0.389 bits per heavy atom. The minimum absolute atomic E-state index is 0.0675. The molecule has 0 fully saturated rings. The predicted octanol–water partition coefficient (Wildman–Crippen LogP) is 18.6. The predicted molar refractivity (Wildman–Crippen MR) is 362 cm³/mol. The third-order valence-electron chi connectivity index (χ3n) is 13.8. The number of halogens is 10. The second-order valence-electron chi connectivity index (χ2n) is 21.5. The lowest BCUT2D eigenvalue weighted by Crippen LogP contribution is -2.08. The number of pyridine rings is 3. The molecule has 0 aliphatic rings. The summed E-state index contributed by atoms with van der Waals surface area (Å²) >= 11 is 36.7. The highest BCUT2D eigenvalue weighted by atomic mass is 35.5. The minimum Gasteiger partial charge on any atom is -0.496 e. The second-order valence-corrected chi connectivity index (χ2v) is 33.5. The molecule has 0 saturated heterocycles. The van der Waals surface area contributed by atoms with Gasteiger partial charge >= 0.3 is 0 Å². The first-order valence-corrected chi connectivity index (χ1v) is 37.1. The molecule has 3 aromatic heterocycles. The molecule has 9 rings (SSSR count). The topological polar surface area (TPSA) is 205 Å². The average Bonchev–Trinajstić information content (AvgIpc) is 1.25. The van der Waals surface area contributed by atoms with Crippen LogP contribution in [0.3, 0.4) is 0 Å². The molecule has 3 heterocycles. The van der Waals surface area contributed by atoms with Gasteiger partial charge in [-0.25, -0.2) is 32.5 Å². The summed E-state index contributed by atoms with van der Waals surface area (Å²) in [6.45, 7) is 15.0. The number of ether oxygens (including phenoxy) is 4. The third-order valence-corrected chi connectivity index (χ3v) is 20.6. The zero-order chi connectivity index (χ0) is 66.5. The number of nitrogen functional groups attached to an aromatic ring is 3. The number of nitrogens with two attached hydrogens (primary N) is 3. The molecule has 0 saturated carbocycles. The van der Waals surface area contributed by atoms with Crippen LogP contribution in [0.15, 0.2) is 134 Å². The van der Waals surface area contributed by atoms with Gasteiger partial charge in [-0.3, -0.25) is 0 Å². The Morgan fingerprint density at radius 2 is 0.711 bits per heavy atom. The van der Waals surface area contributed by atoms with Crippen LogP contribution in [0.5, 0.6) is 23.0 Å². The van der Waals surface area contributed by atoms with Crippen LogP contribution >= 0.6 is 91.0 Å². The van der Waals surface area contributed by atoms with Gasteiger partial charge in [-0.15, -0.1) is 0 Å². The van der Waals surface area contributed by atoms with Crippen LogP contribution in [0.1, 0.15) is 55.8 Å². The number of aromatic nitrogens is 3. The Labute approximate surface area is 549 Å². The van der Waals surface area contributed by atoms with Crippen molar-refractivity contribution >= 4 is 124 Å². The Bertz CT molecular complexity index is 4310. The van der Waals surface area contributed by atoms with E-state index in [-0.39, 0.29) is 65.2 Å². The van der Waals surface area contributed by atoms with Crippen LogP contribution in [0.2, 0.25) is 30.1 Å². The molecule has 13 nitrogen and oxygen atoms in total. The molecule has 90 heavy (non-hydrogen) atoms. The molecule has 0 amide bonds. The van der Waals surface area contributed by atoms with Crippen LogP contribution in [-0.2, 0) is 13.7 Å². The van der Waals surface area contributed by atoms with Gasteiger partial charge in [0, 0.05) is 94.1 Å². The van der Waals surface area contributed by atoms with Crippen molar-refractivity contribution in [2.75, 3.05) is 64.3 Å². The van der Waals surface area contributed by atoms with Gasteiger partial charge in [0.1, 0.15) is 68.8 Å². The maximum Gasteiger partial charge on any atom is 0.166 e. The number of rotatable bonds is 16. The van der Waals surface area contributed by atoms with E-state index in [9.17, 15) is 31.3 Å². The molecule has 0 aliphatic carbocycles. The van der Waals surface area contributed by atoms with Crippen molar-refractivity contribution < 1.29 is 50.2 Å². The summed E-state index contributed by atoms with van der Waals surface area (Å²) in [5.41, 5.74) is 22.5. The van der Waals surface area contributed by atoms with Gasteiger partial charge in [-0.2, -0.15) is 0 Å². The van der Waals surface area contributed by atoms with Gasteiger partial charge in [-0.05, 0) is 139 Å². The summed E-state index contributed by atoms with van der Waals surface area (Å²) in [4.78, 5) is 12.5. The summed E-state index contributed by atoms with van der Waals surface area (Å²) in [6, 6.07) is 29.9. The van der Waals surface area contributed by atoms with Crippen molar-refractivity contribution in [3.63, 3.8) is 0 Å². The maximum atomic E-state index is 14.7. The van der Waals surface area contributed by atoms with E-state index in [0.29, 0.717) is 49.4 Å². The van der Waals surface area contributed by atoms with E-state index in [1.807, 2.05) is 30.3 Å². The monoisotopic (exact) mass is 1400 g/mol. The van der Waals surface area contributed by atoms with Gasteiger partial charge < -0.3 is 49.8 Å². The smallest absolute Gasteiger partial charge is 0.166 e. The second kappa shape index (κ2) is 29.4. The summed E-state index contributed by atoms with van der Waals surface area (Å²) in [5, 5.41) is 2.41. The molecule has 0 unspecified atom stereocenters. The fourth-order valence-corrected chi connectivity index (χ4v) is 13.6. The van der Waals surface area contributed by atoms with E-state index < -0.39 is 63.0 Å². The highest BCUT2D eigenvalue weighted by molar-refractivity contribution is 7.70. The maximum absolute atomic E-state index is 14.7. The first-order valence-electron chi connectivity index (χ1n) is 27.0. The zero-order valence-electron chi connectivity index (χ0n) is 50.0. The van der Waals surface area contributed by atoms with E-state index in [2.05, 4.69) is 15.0 Å². The number of nitrogens with zero attached hydrogens (tertiary/aromatic N) is 3. The number of hydrogen-bond donors (Lipinski definition) is 3. The number of anilines is 3. The Kier molecular flexibility index (Phi) is 23.2. The van der Waals surface area contributed by atoms with Crippen LogP contribution < -0.4 is 52.1 Å². The number of hydrogen-bond acceptors (Lipinski definition) is 13. The molecule has 0 spiro atoms. The summed E-state index contributed by atoms with van der Waals surface area (Å²) < 4.78 is 116. The summed E-state index contributed by atoms with van der Waals surface area (Å²) in [5.74, 6) is -0.616. The van der Waals surface area contributed by atoms with Crippen LogP contribution in [-0.4, -0.2) is 62.1 Å². The fraction of sp³-hybridized carbons (Fsp3) is 0.203. The van der Waals surface area contributed by atoms with E-state index >= 15 is 0 Å². The zero-order valence-corrected chi connectivity index (χ0v) is 57.2. The molecule has 26 heteroatoms. The lowest BCUT2D eigenvalue weighted by atomic mass is 10.1. The Hall–Kier alpha value is -6.48. The summed E-state index contributed by atoms with van der Waals surface area (Å²) in [6.07, 6.45) is 2.53. The van der Waals surface area contributed by atoms with Gasteiger partial charge in [0.15, 0.2) is 34.7 Å². The molecule has 9 aromatic rings. The van der Waals surface area contributed by atoms with E-state index in [1.54, 1.807) is 103 Å². The van der Waals surface area contributed by atoms with Crippen LogP contribution in [0.4, 0.5) is 35.0 Å². The lowest BCUT2D eigenvalue weighted by molar-refractivity contribution is 0.227. The van der Waals surface area contributed by atoms with Crippen molar-refractivity contribution in [2.24, 2.45) is 0 Å². The lowest BCUT2D eigenvalue weighted by Gasteiger charge is -2.20.